The SMILES string of the molecule is O=Cc1cccc(N2CCCC2=O)c1. The zero-order valence-electron chi connectivity index (χ0n) is 7.77. The third kappa shape index (κ3) is 1.53. The maximum atomic E-state index is 11.4. The highest BCUT2D eigenvalue weighted by Gasteiger charge is 2.21. The number of hydrogen-bond acceptors (Lipinski definition) is 2. The van der Waals surface area contributed by atoms with Crippen LogP contribution in [0.4, 0.5) is 5.69 Å². The van der Waals surface area contributed by atoms with Crippen molar-refractivity contribution in [3.63, 3.8) is 0 Å². The van der Waals surface area contributed by atoms with Crippen LogP contribution in [-0.4, -0.2) is 18.7 Å². The number of amides is 1. The normalized spacial score (nSPS) is 16.0. The lowest BCUT2D eigenvalue weighted by Gasteiger charge is -2.15. The first kappa shape index (κ1) is 8.94. The van der Waals surface area contributed by atoms with Crippen molar-refractivity contribution < 1.29 is 9.59 Å². The lowest BCUT2D eigenvalue weighted by Crippen LogP contribution is -2.23. The molecule has 72 valence electrons. The first-order chi connectivity index (χ1) is 6.81. The lowest BCUT2D eigenvalue weighted by molar-refractivity contribution is -0.117. The van der Waals surface area contributed by atoms with E-state index in [1.807, 2.05) is 6.07 Å². The topological polar surface area (TPSA) is 37.4 Å². The average Bonchev–Trinajstić information content (AvgIpc) is 2.65. The maximum absolute atomic E-state index is 11.4. The van der Waals surface area contributed by atoms with Gasteiger partial charge in [0.05, 0.1) is 0 Å². The van der Waals surface area contributed by atoms with Crippen LogP contribution >= 0.6 is 0 Å². The summed E-state index contributed by atoms with van der Waals surface area (Å²) in [4.78, 5) is 23.7. The summed E-state index contributed by atoms with van der Waals surface area (Å²) >= 11 is 0. The van der Waals surface area contributed by atoms with Crippen LogP contribution in [0.25, 0.3) is 0 Å². The standard InChI is InChI=1S/C11H11NO2/c13-8-9-3-1-4-10(7-9)12-6-2-5-11(12)14/h1,3-4,7-8H,2,5-6H2. The Hall–Kier alpha value is -1.64. The Labute approximate surface area is 82.3 Å². The molecule has 0 atom stereocenters. The summed E-state index contributed by atoms with van der Waals surface area (Å²) in [7, 11) is 0. The van der Waals surface area contributed by atoms with Crippen molar-refractivity contribution in [3.05, 3.63) is 29.8 Å². The van der Waals surface area contributed by atoms with Gasteiger partial charge < -0.3 is 4.90 Å². The van der Waals surface area contributed by atoms with Crippen LogP contribution in [0.5, 0.6) is 0 Å². The summed E-state index contributed by atoms with van der Waals surface area (Å²) in [5.74, 6) is 0.146. The number of carbonyl (C=O) groups is 2. The molecule has 0 radical (unpaired) electrons. The molecule has 1 aromatic carbocycles. The Morgan fingerprint density at radius 1 is 1.36 bits per heavy atom. The Morgan fingerprint density at radius 3 is 2.86 bits per heavy atom. The number of benzene rings is 1. The summed E-state index contributed by atoms with van der Waals surface area (Å²) in [5.41, 5.74) is 1.44. The zero-order chi connectivity index (χ0) is 9.97. The molecule has 0 saturated carbocycles. The van der Waals surface area contributed by atoms with Gasteiger partial charge in [0.25, 0.3) is 0 Å². The second kappa shape index (κ2) is 3.62. The number of carbonyl (C=O) groups excluding carboxylic acids is 2. The van der Waals surface area contributed by atoms with Gasteiger partial charge in [-0.25, -0.2) is 0 Å². The van der Waals surface area contributed by atoms with E-state index in [0.29, 0.717) is 12.0 Å². The van der Waals surface area contributed by atoms with Gasteiger partial charge in [-0.05, 0) is 18.6 Å². The fourth-order valence-electron chi connectivity index (χ4n) is 1.69. The fraction of sp³-hybridized carbons (Fsp3) is 0.273. The Morgan fingerprint density at radius 2 is 2.21 bits per heavy atom. The minimum atomic E-state index is 0.146. The van der Waals surface area contributed by atoms with E-state index in [-0.39, 0.29) is 5.91 Å². The van der Waals surface area contributed by atoms with Crippen molar-refractivity contribution in [2.75, 3.05) is 11.4 Å². The van der Waals surface area contributed by atoms with Gasteiger partial charge in [0.1, 0.15) is 6.29 Å². The third-order valence-corrected chi connectivity index (χ3v) is 2.39. The van der Waals surface area contributed by atoms with Crippen molar-refractivity contribution in [3.8, 4) is 0 Å². The van der Waals surface area contributed by atoms with Crippen molar-refractivity contribution in [2.45, 2.75) is 12.8 Å². The van der Waals surface area contributed by atoms with Gasteiger partial charge >= 0.3 is 0 Å². The molecule has 0 aliphatic carbocycles. The Kier molecular flexibility index (Phi) is 2.31. The summed E-state index contributed by atoms with van der Waals surface area (Å²) in [6.07, 6.45) is 2.32. The molecule has 0 aromatic heterocycles. The second-order valence-electron chi connectivity index (χ2n) is 3.36. The van der Waals surface area contributed by atoms with Gasteiger partial charge in [-0.1, -0.05) is 12.1 Å². The van der Waals surface area contributed by atoms with E-state index in [4.69, 9.17) is 0 Å². The molecule has 1 aliphatic heterocycles. The van der Waals surface area contributed by atoms with Gasteiger partial charge in [-0.3, -0.25) is 9.59 Å². The number of aldehydes is 1. The Balaban J connectivity index is 2.31. The van der Waals surface area contributed by atoms with E-state index >= 15 is 0 Å². The van der Waals surface area contributed by atoms with Gasteiger partial charge in [0.2, 0.25) is 5.91 Å². The number of anilines is 1. The van der Waals surface area contributed by atoms with E-state index in [9.17, 15) is 9.59 Å². The van der Waals surface area contributed by atoms with Crippen molar-refractivity contribution in [2.24, 2.45) is 0 Å². The highest BCUT2D eigenvalue weighted by atomic mass is 16.2. The smallest absolute Gasteiger partial charge is 0.227 e. The van der Waals surface area contributed by atoms with E-state index in [1.165, 1.54) is 0 Å². The molecular weight excluding hydrogens is 178 g/mol. The fourth-order valence-corrected chi connectivity index (χ4v) is 1.69. The molecule has 0 bridgehead atoms. The molecule has 3 nitrogen and oxygen atoms in total. The molecule has 1 saturated heterocycles. The van der Waals surface area contributed by atoms with Crippen LogP contribution < -0.4 is 4.90 Å². The largest absolute Gasteiger partial charge is 0.312 e. The van der Waals surface area contributed by atoms with Gasteiger partial charge in [-0.15, -0.1) is 0 Å². The molecule has 2 rings (SSSR count). The number of hydrogen-bond donors (Lipinski definition) is 0. The summed E-state index contributed by atoms with van der Waals surface area (Å²) < 4.78 is 0. The first-order valence-electron chi connectivity index (χ1n) is 4.67. The van der Waals surface area contributed by atoms with E-state index < -0.39 is 0 Å². The molecule has 0 N–H and O–H groups in total. The molecule has 1 aliphatic rings. The first-order valence-corrected chi connectivity index (χ1v) is 4.67. The third-order valence-electron chi connectivity index (χ3n) is 2.39. The highest BCUT2D eigenvalue weighted by Crippen LogP contribution is 2.21. The molecule has 1 heterocycles. The molecule has 1 amide bonds. The van der Waals surface area contributed by atoms with E-state index in [1.54, 1.807) is 23.1 Å². The van der Waals surface area contributed by atoms with E-state index in [2.05, 4.69) is 0 Å². The average molecular weight is 189 g/mol. The van der Waals surface area contributed by atoms with Crippen molar-refractivity contribution >= 4 is 17.9 Å². The van der Waals surface area contributed by atoms with Crippen molar-refractivity contribution in [1.29, 1.82) is 0 Å². The van der Waals surface area contributed by atoms with Crippen LogP contribution in [0, 0.1) is 0 Å². The minimum absolute atomic E-state index is 0.146. The zero-order valence-corrected chi connectivity index (χ0v) is 7.77. The summed E-state index contributed by atoms with van der Waals surface area (Å²) in [6.45, 7) is 0.765. The highest BCUT2D eigenvalue weighted by molar-refractivity contribution is 5.96. The quantitative estimate of drug-likeness (QED) is 0.663. The monoisotopic (exact) mass is 189 g/mol. The molecule has 0 spiro atoms. The summed E-state index contributed by atoms with van der Waals surface area (Å²) in [5, 5.41) is 0. The van der Waals surface area contributed by atoms with Crippen LogP contribution in [0.1, 0.15) is 23.2 Å². The molecular formula is C11H11NO2. The van der Waals surface area contributed by atoms with Crippen LogP contribution in [0.2, 0.25) is 0 Å². The molecule has 14 heavy (non-hydrogen) atoms. The molecule has 1 aromatic rings. The van der Waals surface area contributed by atoms with Crippen LogP contribution in [-0.2, 0) is 4.79 Å². The molecule has 1 fully saturated rings. The number of rotatable bonds is 2. The van der Waals surface area contributed by atoms with Gasteiger partial charge in [0.15, 0.2) is 0 Å². The van der Waals surface area contributed by atoms with Crippen LogP contribution in [0.15, 0.2) is 24.3 Å². The number of nitrogens with zero attached hydrogens (tertiary/aromatic N) is 1. The Bertz CT molecular complexity index is 373. The predicted octanol–water partition coefficient (Wildman–Crippen LogP) is 1.63. The molecule has 3 heteroatoms. The predicted molar refractivity (Wildman–Crippen MR) is 53.4 cm³/mol. The van der Waals surface area contributed by atoms with Gasteiger partial charge in [0, 0.05) is 24.2 Å². The van der Waals surface area contributed by atoms with Gasteiger partial charge in [-0.2, -0.15) is 0 Å². The maximum Gasteiger partial charge on any atom is 0.227 e. The summed E-state index contributed by atoms with van der Waals surface area (Å²) in [6, 6.07) is 7.13. The minimum Gasteiger partial charge on any atom is -0.312 e. The van der Waals surface area contributed by atoms with E-state index in [0.717, 1.165) is 24.9 Å². The van der Waals surface area contributed by atoms with Crippen LogP contribution in [0.3, 0.4) is 0 Å². The molecule has 0 unspecified atom stereocenters. The lowest BCUT2D eigenvalue weighted by atomic mass is 10.2. The van der Waals surface area contributed by atoms with Crippen molar-refractivity contribution in [1.82, 2.24) is 0 Å². The second-order valence-corrected chi connectivity index (χ2v) is 3.36.